The quantitative estimate of drug-likeness (QED) is 0.817. The number of nitrogens with zero attached hydrogens (tertiary/aromatic N) is 4. The van der Waals surface area contributed by atoms with E-state index in [1.807, 2.05) is 18.4 Å². The Bertz CT molecular complexity index is 503. The van der Waals surface area contributed by atoms with Gasteiger partial charge in [0.25, 0.3) is 0 Å². The van der Waals surface area contributed by atoms with Crippen molar-refractivity contribution in [1.82, 2.24) is 19.7 Å². The van der Waals surface area contributed by atoms with E-state index in [-0.39, 0.29) is 17.7 Å². The van der Waals surface area contributed by atoms with Crippen molar-refractivity contribution < 1.29 is 14.7 Å². The number of amides is 1. The lowest BCUT2D eigenvalue weighted by Gasteiger charge is -2.21. The van der Waals surface area contributed by atoms with Crippen LogP contribution in [0.3, 0.4) is 0 Å². The molecule has 1 aromatic heterocycles. The SMILES string of the molecule is CC(C)n1cnnc1SCC(=O)N1CCC[C@@H]1C(=O)O. The van der Waals surface area contributed by atoms with Crippen LogP contribution in [0.5, 0.6) is 0 Å². The first-order valence-corrected chi connectivity index (χ1v) is 7.54. The lowest BCUT2D eigenvalue weighted by atomic mass is 10.2. The molecule has 8 heteroatoms. The number of hydrogen-bond donors (Lipinski definition) is 1. The van der Waals surface area contributed by atoms with Gasteiger partial charge in [-0.2, -0.15) is 0 Å². The lowest BCUT2D eigenvalue weighted by molar-refractivity contribution is -0.147. The molecule has 0 saturated carbocycles. The van der Waals surface area contributed by atoms with Gasteiger partial charge in [0.05, 0.1) is 5.75 Å². The predicted octanol–water partition coefficient (Wildman–Crippen LogP) is 1.03. The van der Waals surface area contributed by atoms with Crippen LogP contribution >= 0.6 is 11.8 Å². The molecule has 2 heterocycles. The molecule has 1 amide bonds. The Morgan fingerprint density at radius 3 is 2.95 bits per heavy atom. The second-order valence-corrected chi connectivity index (χ2v) is 5.93. The summed E-state index contributed by atoms with van der Waals surface area (Å²) in [4.78, 5) is 24.6. The van der Waals surface area contributed by atoms with Crippen LogP contribution in [0.2, 0.25) is 0 Å². The van der Waals surface area contributed by atoms with Gasteiger partial charge in [0.2, 0.25) is 5.91 Å². The Morgan fingerprint density at radius 2 is 2.30 bits per heavy atom. The van der Waals surface area contributed by atoms with Gasteiger partial charge in [-0.3, -0.25) is 4.79 Å². The van der Waals surface area contributed by atoms with E-state index in [9.17, 15) is 9.59 Å². The van der Waals surface area contributed by atoms with E-state index < -0.39 is 12.0 Å². The van der Waals surface area contributed by atoms with Gasteiger partial charge in [0.1, 0.15) is 12.4 Å². The smallest absolute Gasteiger partial charge is 0.326 e. The molecule has 1 aliphatic heterocycles. The largest absolute Gasteiger partial charge is 0.480 e. The summed E-state index contributed by atoms with van der Waals surface area (Å²) >= 11 is 1.30. The maximum atomic E-state index is 12.1. The highest BCUT2D eigenvalue weighted by molar-refractivity contribution is 7.99. The monoisotopic (exact) mass is 298 g/mol. The number of likely N-dealkylation sites (tertiary alicyclic amines) is 1. The third-order valence-electron chi connectivity index (χ3n) is 3.28. The van der Waals surface area contributed by atoms with Crippen molar-refractivity contribution in [2.75, 3.05) is 12.3 Å². The minimum atomic E-state index is -0.925. The first-order valence-electron chi connectivity index (χ1n) is 6.55. The van der Waals surface area contributed by atoms with E-state index in [0.717, 1.165) is 6.42 Å². The fourth-order valence-corrected chi connectivity index (χ4v) is 3.15. The Balaban J connectivity index is 1.95. The van der Waals surface area contributed by atoms with Crippen molar-refractivity contribution in [1.29, 1.82) is 0 Å². The molecule has 20 heavy (non-hydrogen) atoms. The molecule has 1 aliphatic rings. The van der Waals surface area contributed by atoms with E-state index in [2.05, 4.69) is 10.2 Å². The van der Waals surface area contributed by atoms with Crippen LogP contribution in [0.15, 0.2) is 11.5 Å². The van der Waals surface area contributed by atoms with Crippen molar-refractivity contribution in [3.05, 3.63) is 6.33 Å². The summed E-state index contributed by atoms with van der Waals surface area (Å²) in [5.74, 6) is -0.890. The zero-order valence-electron chi connectivity index (χ0n) is 11.5. The lowest BCUT2D eigenvalue weighted by Crippen LogP contribution is -2.41. The van der Waals surface area contributed by atoms with Gasteiger partial charge < -0.3 is 14.6 Å². The van der Waals surface area contributed by atoms with E-state index >= 15 is 0 Å². The summed E-state index contributed by atoms with van der Waals surface area (Å²) in [6.07, 6.45) is 2.91. The van der Waals surface area contributed by atoms with Crippen LogP contribution in [0.4, 0.5) is 0 Å². The van der Waals surface area contributed by atoms with Gasteiger partial charge in [-0.05, 0) is 26.7 Å². The molecule has 0 bridgehead atoms. The maximum Gasteiger partial charge on any atom is 0.326 e. The predicted molar refractivity (Wildman–Crippen MR) is 73.5 cm³/mol. The maximum absolute atomic E-state index is 12.1. The van der Waals surface area contributed by atoms with Gasteiger partial charge in [-0.25, -0.2) is 4.79 Å². The van der Waals surface area contributed by atoms with Crippen molar-refractivity contribution in [2.45, 2.75) is 43.9 Å². The topological polar surface area (TPSA) is 88.3 Å². The van der Waals surface area contributed by atoms with Crippen molar-refractivity contribution in [3.8, 4) is 0 Å². The van der Waals surface area contributed by atoms with Crippen molar-refractivity contribution >= 4 is 23.6 Å². The molecule has 0 aromatic carbocycles. The molecule has 1 fully saturated rings. The number of carbonyl (C=O) groups excluding carboxylic acids is 1. The van der Waals surface area contributed by atoms with E-state index in [4.69, 9.17) is 5.11 Å². The van der Waals surface area contributed by atoms with Gasteiger partial charge in [-0.15, -0.1) is 10.2 Å². The first-order chi connectivity index (χ1) is 9.50. The van der Waals surface area contributed by atoms with Crippen LogP contribution in [-0.4, -0.2) is 55.0 Å². The summed E-state index contributed by atoms with van der Waals surface area (Å²) in [7, 11) is 0. The molecule has 0 radical (unpaired) electrons. The van der Waals surface area contributed by atoms with Gasteiger partial charge >= 0.3 is 5.97 Å². The minimum Gasteiger partial charge on any atom is -0.480 e. The summed E-state index contributed by atoms with van der Waals surface area (Å²) in [5.41, 5.74) is 0. The van der Waals surface area contributed by atoms with E-state index in [1.54, 1.807) is 6.33 Å². The number of carbonyl (C=O) groups is 2. The van der Waals surface area contributed by atoms with Gasteiger partial charge in [0.15, 0.2) is 5.16 Å². The van der Waals surface area contributed by atoms with Crippen molar-refractivity contribution in [2.24, 2.45) is 0 Å². The number of aliphatic carboxylic acids is 1. The first kappa shape index (κ1) is 14.8. The van der Waals surface area contributed by atoms with Crippen LogP contribution in [0.1, 0.15) is 32.7 Å². The van der Waals surface area contributed by atoms with Crippen molar-refractivity contribution in [3.63, 3.8) is 0 Å². The molecule has 1 atom stereocenters. The summed E-state index contributed by atoms with van der Waals surface area (Å²) in [6.45, 7) is 4.54. The highest BCUT2D eigenvalue weighted by Gasteiger charge is 2.33. The fourth-order valence-electron chi connectivity index (χ4n) is 2.22. The third-order valence-corrected chi connectivity index (χ3v) is 4.22. The molecule has 1 N–H and O–H groups in total. The molecule has 2 rings (SSSR count). The number of carboxylic acid groups (broad SMARTS) is 1. The number of hydrogen-bond acceptors (Lipinski definition) is 5. The van der Waals surface area contributed by atoms with Gasteiger partial charge in [-0.1, -0.05) is 11.8 Å². The highest BCUT2D eigenvalue weighted by Crippen LogP contribution is 2.22. The van der Waals surface area contributed by atoms with Crippen LogP contribution in [0.25, 0.3) is 0 Å². The second-order valence-electron chi connectivity index (χ2n) is 4.99. The zero-order chi connectivity index (χ0) is 14.7. The molecule has 0 spiro atoms. The van der Waals surface area contributed by atoms with E-state index in [1.165, 1.54) is 16.7 Å². The van der Waals surface area contributed by atoms with Crippen LogP contribution in [0, 0.1) is 0 Å². The molecular formula is C12H18N4O3S. The fraction of sp³-hybridized carbons (Fsp3) is 0.667. The van der Waals surface area contributed by atoms with Crippen LogP contribution in [-0.2, 0) is 9.59 Å². The van der Waals surface area contributed by atoms with Gasteiger partial charge in [0, 0.05) is 12.6 Å². The Morgan fingerprint density at radius 1 is 1.55 bits per heavy atom. The summed E-state index contributed by atoms with van der Waals surface area (Å²) in [5, 5.41) is 17.6. The van der Waals surface area contributed by atoms with Crippen LogP contribution < -0.4 is 0 Å². The number of thioether (sulfide) groups is 1. The summed E-state index contributed by atoms with van der Waals surface area (Å²) < 4.78 is 1.89. The molecule has 1 aromatic rings. The highest BCUT2D eigenvalue weighted by atomic mass is 32.2. The normalized spacial score (nSPS) is 18.8. The summed E-state index contributed by atoms with van der Waals surface area (Å²) in [6, 6.07) is -0.452. The molecule has 110 valence electrons. The molecule has 1 saturated heterocycles. The van der Waals surface area contributed by atoms with E-state index in [0.29, 0.717) is 18.1 Å². The second kappa shape index (κ2) is 6.25. The molecule has 7 nitrogen and oxygen atoms in total. The average molecular weight is 298 g/mol. The molecular weight excluding hydrogens is 280 g/mol. The standard InChI is InChI=1S/C12H18N4O3S/c1-8(2)16-7-13-14-12(16)20-6-10(17)15-5-3-4-9(15)11(18)19/h7-9H,3-6H2,1-2H3,(H,18,19)/t9-/m1/s1. The molecule has 0 aliphatic carbocycles. The minimum absolute atomic E-state index is 0.154. The average Bonchev–Trinajstić information content (AvgIpc) is 3.04. The Hall–Kier alpha value is -1.57. The number of aromatic nitrogens is 3. The number of rotatable bonds is 5. The number of carboxylic acids is 1. The molecule has 0 unspecified atom stereocenters. The zero-order valence-corrected chi connectivity index (χ0v) is 12.3. The Labute approximate surface area is 121 Å². The third kappa shape index (κ3) is 3.12. The Kier molecular flexibility index (Phi) is 4.64.